The molecule has 0 heterocycles. The van der Waals surface area contributed by atoms with Crippen molar-refractivity contribution in [1.82, 2.24) is 4.31 Å². The lowest BCUT2D eigenvalue weighted by Crippen LogP contribution is -2.47. The molecule has 2 aliphatic carbocycles. The van der Waals surface area contributed by atoms with Gasteiger partial charge in [-0.15, -0.1) is 0 Å². The predicted molar refractivity (Wildman–Crippen MR) is 73.9 cm³/mol. The Morgan fingerprint density at radius 2 is 1.53 bits per heavy atom. The lowest BCUT2D eigenvalue weighted by molar-refractivity contribution is 0.294. The highest BCUT2D eigenvalue weighted by Gasteiger charge is 2.38. The summed E-state index contributed by atoms with van der Waals surface area (Å²) in [6.45, 7) is 0. The SMILES string of the molecule is CN(C1CCCCC1Br)S(=O)(=O)C1CCCC1. The van der Waals surface area contributed by atoms with Crippen molar-refractivity contribution < 1.29 is 8.42 Å². The van der Waals surface area contributed by atoms with Crippen molar-refractivity contribution >= 4 is 26.0 Å². The van der Waals surface area contributed by atoms with Crippen LogP contribution in [0.3, 0.4) is 0 Å². The topological polar surface area (TPSA) is 37.4 Å². The third-order valence-corrected chi connectivity index (χ3v) is 7.69. The molecule has 0 bridgehead atoms. The molecule has 5 heteroatoms. The van der Waals surface area contributed by atoms with Gasteiger partial charge < -0.3 is 0 Å². The first-order chi connectivity index (χ1) is 8.03. The zero-order chi connectivity index (χ0) is 12.5. The summed E-state index contributed by atoms with van der Waals surface area (Å²) in [6.07, 6.45) is 8.30. The van der Waals surface area contributed by atoms with Gasteiger partial charge >= 0.3 is 0 Å². The van der Waals surface area contributed by atoms with E-state index in [-0.39, 0.29) is 11.3 Å². The van der Waals surface area contributed by atoms with Crippen molar-refractivity contribution in [3.8, 4) is 0 Å². The van der Waals surface area contributed by atoms with Crippen LogP contribution in [0.15, 0.2) is 0 Å². The van der Waals surface area contributed by atoms with Crippen molar-refractivity contribution in [2.24, 2.45) is 0 Å². The number of nitrogens with zero attached hydrogens (tertiary/aromatic N) is 1. The Morgan fingerprint density at radius 1 is 1.00 bits per heavy atom. The highest BCUT2D eigenvalue weighted by molar-refractivity contribution is 9.09. The molecule has 0 aromatic rings. The molecule has 0 radical (unpaired) electrons. The quantitative estimate of drug-likeness (QED) is 0.749. The first-order valence-electron chi connectivity index (χ1n) is 6.64. The fraction of sp³-hybridized carbons (Fsp3) is 1.00. The molecule has 2 aliphatic rings. The van der Waals surface area contributed by atoms with E-state index in [4.69, 9.17) is 0 Å². The van der Waals surface area contributed by atoms with Gasteiger partial charge in [0, 0.05) is 17.9 Å². The van der Waals surface area contributed by atoms with E-state index < -0.39 is 10.0 Å². The Kier molecular flexibility index (Phi) is 4.53. The van der Waals surface area contributed by atoms with Crippen LogP contribution in [0.5, 0.6) is 0 Å². The van der Waals surface area contributed by atoms with Crippen molar-refractivity contribution in [3.05, 3.63) is 0 Å². The first-order valence-corrected chi connectivity index (χ1v) is 9.06. The number of rotatable bonds is 3. The molecule has 0 aliphatic heterocycles. The Labute approximate surface area is 113 Å². The molecule has 0 spiro atoms. The molecule has 0 aromatic carbocycles. The summed E-state index contributed by atoms with van der Waals surface area (Å²) in [7, 11) is -1.29. The molecule has 3 nitrogen and oxygen atoms in total. The van der Waals surface area contributed by atoms with E-state index in [9.17, 15) is 8.42 Å². The van der Waals surface area contributed by atoms with Crippen LogP contribution in [0, 0.1) is 0 Å². The standard InChI is InChI=1S/C12H22BrNO2S/c1-14(12-9-5-4-8-11(12)13)17(15,16)10-6-2-3-7-10/h10-12H,2-9H2,1H3. The largest absolute Gasteiger partial charge is 0.217 e. The van der Waals surface area contributed by atoms with Gasteiger partial charge in [0.1, 0.15) is 0 Å². The van der Waals surface area contributed by atoms with Gasteiger partial charge in [0.15, 0.2) is 0 Å². The lowest BCUT2D eigenvalue weighted by atomic mass is 9.96. The second-order valence-corrected chi connectivity index (χ2v) is 8.78. The number of halogens is 1. The molecule has 2 saturated carbocycles. The van der Waals surface area contributed by atoms with Crippen molar-refractivity contribution in [2.45, 2.75) is 67.5 Å². The third kappa shape index (κ3) is 2.87. The number of hydrogen-bond acceptors (Lipinski definition) is 2. The predicted octanol–water partition coefficient (Wildman–Crippen LogP) is 2.90. The molecule has 17 heavy (non-hydrogen) atoms. The van der Waals surface area contributed by atoms with E-state index >= 15 is 0 Å². The lowest BCUT2D eigenvalue weighted by Gasteiger charge is -2.35. The molecule has 0 N–H and O–H groups in total. The van der Waals surface area contributed by atoms with Gasteiger partial charge in [-0.3, -0.25) is 0 Å². The van der Waals surface area contributed by atoms with Crippen LogP contribution < -0.4 is 0 Å². The van der Waals surface area contributed by atoms with E-state index in [1.165, 1.54) is 6.42 Å². The maximum atomic E-state index is 12.5. The number of alkyl halides is 1. The van der Waals surface area contributed by atoms with Crippen molar-refractivity contribution in [2.75, 3.05) is 7.05 Å². The average Bonchev–Trinajstić information content (AvgIpc) is 2.83. The average molecular weight is 324 g/mol. The molecule has 2 unspecified atom stereocenters. The van der Waals surface area contributed by atoms with Gasteiger partial charge in [-0.25, -0.2) is 12.7 Å². The summed E-state index contributed by atoms with van der Waals surface area (Å²) in [6, 6.07) is 0.161. The summed E-state index contributed by atoms with van der Waals surface area (Å²) < 4.78 is 26.6. The molecule has 100 valence electrons. The van der Waals surface area contributed by atoms with Gasteiger partial charge in [0.05, 0.1) is 5.25 Å². The van der Waals surface area contributed by atoms with E-state index in [1.807, 2.05) is 0 Å². The summed E-state index contributed by atoms with van der Waals surface area (Å²) in [5.41, 5.74) is 0. The highest BCUT2D eigenvalue weighted by atomic mass is 79.9. The second kappa shape index (κ2) is 5.57. The van der Waals surface area contributed by atoms with Gasteiger partial charge in [-0.05, 0) is 25.7 Å². The Bertz CT molecular complexity index is 352. The molecular formula is C12H22BrNO2S. The summed E-state index contributed by atoms with van der Waals surface area (Å²) in [4.78, 5) is 0.331. The maximum absolute atomic E-state index is 12.5. The van der Waals surface area contributed by atoms with Crippen molar-refractivity contribution in [3.63, 3.8) is 0 Å². The zero-order valence-electron chi connectivity index (χ0n) is 10.4. The van der Waals surface area contributed by atoms with E-state index in [2.05, 4.69) is 15.9 Å². The maximum Gasteiger partial charge on any atom is 0.217 e. The van der Waals surface area contributed by atoms with Gasteiger partial charge in [0.2, 0.25) is 10.0 Å². The fourth-order valence-electron chi connectivity index (χ4n) is 3.09. The van der Waals surface area contributed by atoms with Gasteiger partial charge in [0.25, 0.3) is 0 Å². The summed E-state index contributed by atoms with van der Waals surface area (Å²) in [5, 5.41) is -0.117. The molecule has 0 aromatic heterocycles. The number of hydrogen-bond donors (Lipinski definition) is 0. The highest BCUT2D eigenvalue weighted by Crippen LogP contribution is 2.33. The van der Waals surface area contributed by atoms with E-state index in [0.29, 0.717) is 4.83 Å². The molecule has 2 fully saturated rings. The minimum absolute atomic E-state index is 0.117. The summed E-state index contributed by atoms with van der Waals surface area (Å²) >= 11 is 3.65. The van der Waals surface area contributed by atoms with E-state index in [1.54, 1.807) is 11.4 Å². The van der Waals surface area contributed by atoms with Crippen LogP contribution in [0.4, 0.5) is 0 Å². The smallest absolute Gasteiger partial charge is 0.212 e. The molecule has 0 saturated heterocycles. The van der Waals surface area contributed by atoms with Crippen LogP contribution in [-0.2, 0) is 10.0 Å². The first kappa shape index (κ1) is 13.8. The minimum Gasteiger partial charge on any atom is -0.212 e. The van der Waals surface area contributed by atoms with Crippen LogP contribution in [0.1, 0.15) is 51.4 Å². The van der Waals surface area contributed by atoms with Gasteiger partial charge in [-0.2, -0.15) is 0 Å². The fourth-order valence-corrected chi connectivity index (χ4v) is 6.21. The number of sulfonamides is 1. The third-order valence-electron chi connectivity index (χ3n) is 4.24. The zero-order valence-corrected chi connectivity index (χ0v) is 12.8. The normalized spacial score (nSPS) is 32.2. The van der Waals surface area contributed by atoms with Crippen LogP contribution in [0.25, 0.3) is 0 Å². The van der Waals surface area contributed by atoms with Crippen LogP contribution in [0.2, 0.25) is 0 Å². The molecule has 0 amide bonds. The Balaban J connectivity index is 2.09. The minimum atomic E-state index is -3.07. The van der Waals surface area contributed by atoms with E-state index in [0.717, 1.165) is 44.9 Å². The van der Waals surface area contributed by atoms with Crippen LogP contribution >= 0.6 is 15.9 Å². The summed E-state index contributed by atoms with van der Waals surface area (Å²) in [5.74, 6) is 0. The molecule has 2 rings (SSSR count). The van der Waals surface area contributed by atoms with Crippen molar-refractivity contribution in [1.29, 1.82) is 0 Å². The second-order valence-electron chi connectivity index (χ2n) is 5.34. The Morgan fingerprint density at radius 3 is 2.12 bits per heavy atom. The molecular weight excluding hydrogens is 302 g/mol. The monoisotopic (exact) mass is 323 g/mol. The molecule has 2 atom stereocenters. The van der Waals surface area contributed by atoms with Gasteiger partial charge in [-0.1, -0.05) is 41.6 Å². The Hall–Kier alpha value is 0.390. The van der Waals surface area contributed by atoms with Crippen LogP contribution in [-0.4, -0.2) is 35.9 Å².